The first-order valence-corrected chi connectivity index (χ1v) is 8.36. The molecule has 1 aliphatic rings. The van der Waals surface area contributed by atoms with Crippen LogP contribution in [0.15, 0.2) is 18.2 Å². The van der Waals surface area contributed by atoms with Crippen LogP contribution in [0.1, 0.15) is 26.3 Å². The lowest BCUT2D eigenvalue weighted by atomic mass is 9.79. The van der Waals surface area contributed by atoms with Gasteiger partial charge in [-0.3, -0.25) is 0 Å². The number of hydrogen-bond donors (Lipinski definition) is 2. The van der Waals surface area contributed by atoms with E-state index in [0.29, 0.717) is 38.1 Å². The van der Waals surface area contributed by atoms with Crippen LogP contribution in [-0.4, -0.2) is 59.9 Å². The highest BCUT2D eigenvalue weighted by Gasteiger charge is 2.26. The van der Waals surface area contributed by atoms with Gasteiger partial charge in [-0.05, 0) is 43.9 Å². The summed E-state index contributed by atoms with van der Waals surface area (Å²) in [4.78, 5) is 15.9. The lowest BCUT2D eigenvalue weighted by Gasteiger charge is -2.37. The van der Waals surface area contributed by atoms with Crippen LogP contribution in [0.25, 0.3) is 0 Å². The van der Waals surface area contributed by atoms with Crippen molar-refractivity contribution in [3.05, 3.63) is 23.8 Å². The summed E-state index contributed by atoms with van der Waals surface area (Å²) in [6.07, 6.45) is 5.49. The largest absolute Gasteiger partial charge is 0.488 e. The highest BCUT2D eigenvalue weighted by Crippen LogP contribution is 2.19. The number of nitrogens with zero attached hydrogens (tertiary/aromatic N) is 2. The second-order valence-electron chi connectivity index (χ2n) is 7.14. The third kappa shape index (κ3) is 5.41. The lowest BCUT2D eigenvalue weighted by molar-refractivity contribution is 0.0240. The molecule has 0 radical (unpaired) electrons. The molecule has 1 aliphatic heterocycles. The maximum Gasteiger partial charge on any atom is 0.488 e. The molecule has 7 heteroatoms. The van der Waals surface area contributed by atoms with Crippen LogP contribution >= 0.6 is 0 Å². The van der Waals surface area contributed by atoms with Gasteiger partial charge in [0, 0.05) is 38.3 Å². The standard InChI is InChI=1S/C18H25BN2O4/c1-5-6-14-11-15(19(23)24)13-16(12-14)20-7-9-21(10-8-20)17(22)25-18(2,3)4/h1,11-13,23-24H,6-10H2,2-4H3. The number of benzene rings is 1. The molecule has 1 heterocycles. The van der Waals surface area contributed by atoms with Gasteiger partial charge in [0.2, 0.25) is 0 Å². The molecule has 0 atom stereocenters. The Bertz CT molecular complexity index is 656. The summed E-state index contributed by atoms with van der Waals surface area (Å²) in [5.74, 6) is 2.57. The molecule has 134 valence electrons. The number of anilines is 1. The van der Waals surface area contributed by atoms with Gasteiger partial charge in [0.05, 0.1) is 0 Å². The fourth-order valence-corrected chi connectivity index (χ4v) is 2.73. The van der Waals surface area contributed by atoms with Gasteiger partial charge < -0.3 is 24.6 Å². The van der Waals surface area contributed by atoms with E-state index in [0.717, 1.165) is 11.3 Å². The van der Waals surface area contributed by atoms with E-state index >= 15 is 0 Å². The monoisotopic (exact) mass is 344 g/mol. The van der Waals surface area contributed by atoms with Crippen molar-refractivity contribution in [1.82, 2.24) is 4.90 Å². The molecule has 2 rings (SSSR count). The molecule has 1 amide bonds. The normalized spacial score (nSPS) is 14.9. The van der Waals surface area contributed by atoms with Crippen LogP contribution in [0, 0.1) is 12.3 Å². The first-order valence-electron chi connectivity index (χ1n) is 8.36. The summed E-state index contributed by atoms with van der Waals surface area (Å²) in [6, 6.07) is 5.40. The van der Waals surface area contributed by atoms with Crippen molar-refractivity contribution >= 4 is 24.4 Å². The molecule has 1 saturated heterocycles. The molecule has 25 heavy (non-hydrogen) atoms. The molecular formula is C18H25BN2O4. The maximum absolute atomic E-state index is 12.1. The molecule has 6 nitrogen and oxygen atoms in total. The van der Waals surface area contributed by atoms with Crippen molar-refractivity contribution in [2.75, 3.05) is 31.1 Å². The fraction of sp³-hybridized carbons (Fsp3) is 0.500. The zero-order chi connectivity index (χ0) is 18.6. The average molecular weight is 344 g/mol. The van der Waals surface area contributed by atoms with E-state index in [1.807, 2.05) is 26.8 Å². The van der Waals surface area contributed by atoms with Crippen LogP contribution in [0.4, 0.5) is 10.5 Å². The summed E-state index contributed by atoms with van der Waals surface area (Å²) >= 11 is 0. The Morgan fingerprint density at radius 3 is 2.40 bits per heavy atom. The number of rotatable bonds is 3. The number of carbonyl (C=O) groups excluding carboxylic acids is 1. The molecule has 0 spiro atoms. The highest BCUT2D eigenvalue weighted by molar-refractivity contribution is 6.58. The molecule has 0 saturated carbocycles. The molecule has 1 fully saturated rings. The number of piperazine rings is 1. The molecule has 1 aromatic rings. The molecule has 0 bridgehead atoms. The third-order valence-corrected chi connectivity index (χ3v) is 3.90. The van der Waals surface area contributed by atoms with Gasteiger partial charge in [0.15, 0.2) is 0 Å². The zero-order valence-corrected chi connectivity index (χ0v) is 15.0. The van der Waals surface area contributed by atoms with Gasteiger partial charge in [-0.15, -0.1) is 12.3 Å². The topological polar surface area (TPSA) is 73.2 Å². The van der Waals surface area contributed by atoms with Crippen molar-refractivity contribution < 1.29 is 19.6 Å². The minimum atomic E-state index is -1.54. The Kier molecular flexibility index (Phi) is 5.99. The Hall–Kier alpha value is -2.17. The first-order chi connectivity index (χ1) is 11.7. The number of carbonyl (C=O) groups is 1. The number of hydrogen-bond acceptors (Lipinski definition) is 5. The predicted octanol–water partition coefficient (Wildman–Crippen LogP) is 0.599. The van der Waals surface area contributed by atoms with Crippen LogP contribution in [0.5, 0.6) is 0 Å². The summed E-state index contributed by atoms with van der Waals surface area (Å²) in [5.41, 5.74) is 1.64. The Balaban J connectivity index is 2.07. The van der Waals surface area contributed by atoms with Crippen LogP contribution < -0.4 is 10.4 Å². The molecule has 2 N–H and O–H groups in total. The minimum absolute atomic E-state index is 0.306. The van der Waals surface area contributed by atoms with Crippen molar-refractivity contribution in [2.45, 2.75) is 32.8 Å². The lowest BCUT2D eigenvalue weighted by Crippen LogP contribution is -2.50. The smallest absolute Gasteiger partial charge is 0.444 e. The van der Waals surface area contributed by atoms with E-state index in [2.05, 4.69) is 10.8 Å². The summed E-state index contributed by atoms with van der Waals surface area (Å²) < 4.78 is 5.40. The van der Waals surface area contributed by atoms with E-state index in [1.54, 1.807) is 17.0 Å². The molecule has 0 aliphatic carbocycles. The quantitative estimate of drug-likeness (QED) is 0.621. The van der Waals surface area contributed by atoms with Gasteiger partial charge in [-0.2, -0.15) is 0 Å². The van der Waals surface area contributed by atoms with Crippen LogP contribution in [0.3, 0.4) is 0 Å². The Labute approximate surface area is 149 Å². The second-order valence-corrected chi connectivity index (χ2v) is 7.14. The number of terminal acetylenes is 1. The van der Waals surface area contributed by atoms with E-state index in [4.69, 9.17) is 11.2 Å². The van der Waals surface area contributed by atoms with Gasteiger partial charge in [0.1, 0.15) is 5.60 Å². The summed E-state index contributed by atoms with van der Waals surface area (Å²) in [5, 5.41) is 19.0. The zero-order valence-electron chi connectivity index (χ0n) is 15.0. The third-order valence-electron chi connectivity index (χ3n) is 3.90. The summed E-state index contributed by atoms with van der Waals surface area (Å²) in [6.45, 7) is 7.91. The van der Waals surface area contributed by atoms with Gasteiger partial charge in [0.25, 0.3) is 0 Å². The van der Waals surface area contributed by atoms with Gasteiger partial charge in [-0.25, -0.2) is 4.79 Å². The number of ether oxygens (including phenoxy) is 1. The SMILES string of the molecule is C#CCc1cc(B(O)O)cc(N2CCN(C(=O)OC(C)(C)C)CC2)c1. The van der Waals surface area contributed by atoms with Gasteiger partial charge >= 0.3 is 13.2 Å². The molecule has 0 unspecified atom stereocenters. The predicted molar refractivity (Wildman–Crippen MR) is 98.8 cm³/mol. The average Bonchev–Trinajstić information content (AvgIpc) is 2.53. The summed E-state index contributed by atoms with van der Waals surface area (Å²) in [7, 11) is -1.54. The van der Waals surface area contributed by atoms with Crippen molar-refractivity contribution in [3.63, 3.8) is 0 Å². The Morgan fingerprint density at radius 1 is 1.24 bits per heavy atom. The second kappa shape index (κ2) is 7.81. The maximum atomic E-state index is 12.1. The molecule has 1 aromatic carbocycles. The van der Waals surface area contributed by atoms with Crippen LogP contribution in [-0.2, 0) is 11.2 Å². The Morgan fingerprint density at radius 2 is 1.88 bits per heavy atom. The minimum Gasteiger partial charge on any atom is -0.444 e. The molecular weight excluding hydrogens is 319 g/mol. The van der Waals surface area contributed by atoms with Crippen molar-refractivity contribution in [3.8, 4) is 12.3 Å². The van der Waals surface area contributed by atoms with E-state index in [-0.39, 0.29) is 6.09 Å². The van der Waals surface area contributed by atoms with E-state index in [1.165, 1.54) is 0 Å². The number of amides is 1. The van der Waals surface area contributed by atoms with Gasteiger partial charge in [-0.1, -0.05) is 6.07 Å². The fourth-order valence-electron chi connectivity index (χ4n) is 2.73. The van der Waals surface area contributed by atoms with E-state index in [9.17, 15) is 14.8 Å². The molecule has 0 aromatic heterocycles. The first kappa shape index (κ1) is 19.2. The van der Waals surface area contributed by atoms with E-state index < -0.39 is 12.7 Å². The van der Waals surface area contributed by atoms with Crippen LogP contribution in [0.2, 0.25) is 0 Å². The van der Waals surface area contributed by atoms with Crippen molar-refractivity contribution in [2.24, 2.45) is 0 Å². The van der Waals surface area contributed by atoms with Crippen molar-refractivity contribution in [1.29, 1.82) is 0 Å². The highest BCUT2D eigenvalue weighted by atomic mass is 16.6.